The molecule has 26 heavy (non-hydrogen) atoms. The van der Waals surface area contributed by atoms with Gasteiger partial charge in [0.25, 0.3) is 0 Å². The minimum absolute atomic E-state index is 0.0209. The van der Waals surface area contributed by atoms with Crippen LogP contribution in [-0.4, -0.2) is 59.1 Å². The molecule has 2 saturated heterocycles. The summed E-state index contributed by atoms with van der Waals surface area (Å²) in [5.74, 6) is -0.732. The Bertz CT molecular complexity index is 649. The number of nitrogens with one attached hydrogen (secondary N) is 1. The first-order chi connectivity index (χ1) is 12.4. The predicted molar refractivity (Wildman–Crippen MR) is 99.8 cm³/mol. The molecule has 0 spiro atoms. The first kappa shape index (κ1) is 18.7. The van der Waals surface area contributed by atoms with Crippen molar-refractivity contribution in [2.24, 2.45) is 11.3 Å². The molecule has 0 aliphatic carbocycles. The molecule has 2 N–H and O–H groups in total. The highest BCUT2D eigenvalue weighted by Crippen LogP contribution is 2.43. The van der Waals surface area contributed by atoms with Crippen LogP contribution in [0.3, 0.4) is 0 Å². The fourth-order valence-corrected chi connectivity index (χ4v) is 4.28. The highest BCUT2D eigenvalue weighted by molar-refractivity contribution is 5.77. The van der Waals surface area contributed by atoms with Crippen LogP contribution in [0, 0.1) is 11.3 Å². The van der Waals surface area contributed by atoms with E-state index < -0.39 is 11.4 Å². The van der Waals surface area contributed by atoms with E-state index in [2.05, 4.69) is 24.1 Å². The number of hydrogen-bond donors (Lipinski definition) is 2. The van der Waals surface area contributed by atoms with E-state index in [4.69, 9.17) is 0 Å². The van der Waals surface area contributed by atoms with Crippen LogP contribution in [0.1, 0.15) is 32.3 Å². The van der Waals surface area contributed by atoms with Gasteiger partial charge >= 0.3 is 12.0 Å². The van der Waals surface area contributed by atoms with Gasteiger partial charge in [-0.2, -0.15) is 0 Å². The van der Waals surface area contributed by atoms with Gasteiger partial charge in [-0.1, -0.05) is 30.3 Å². The Balaban J connectivity index is 1.68. The minimum Gasteiger partial charge on any atom is -0.481 e. The number of likely N-dealkylation sites (tertiary alicyclic amines) is 2. The third kappa shape index (κ3) is 3.70. The van der Waals surface area contributed by atoms with Gasteiger partial charge in [0.1, 0.15) is 0 Å². The second-order valence-corrected chi connectivity index (χ2v) is 7.88. The lowest BCUT2D eigenvalue weighted by atomic mass is 9.75. The maximum absolute atomic E-state index is 12.7. The topological polar surface area (TPSA) is 72.9 Å². The molecule has 0 saturated carbocycles. The fourth-order valence-electron chi connectivity index (χ4n) is 4.28. The Morgan fingerprint density at radius 2 is 2.00 bits per heavy atom. The number of aliphatic carboxylic acids is 1. The van der Waals surface area contributed by atoms with E-state index in [0.29, 0.717) is 38.6 Å². The molecule has 0 unspecified atom stereocenters. The predicted octanol–water partition coefficient (Wildman–Crippen LogP) is 2.40. The number of rotatable bonds is 4. The highest BCUT2D eigenvalue weighted by Gasteiger charge is 2.54. The summed E-state index contributed by atoms with van der Waals surface area (Å²) in [4.78, 5) is 28.8. The average molecular weight is 359 g/mol. The van der Waals surface area contributed by atoms with Gasteiger partial charge in [0.2, 0.25) is 0 Å². The smallest absolute Gasteiger partial charge is 0.317 e. The monoisotopic (exact) mass is 359 g/mol. The molecule has 0 radical (unpaired) electrons. The van der Waals surface area contributed by atoms with Gasteiger partial charge in [-0.3, -0.25) is 9.69 Å². The molecule has 6 heteroatoms. The van der Waals surface area contributed by atoms with Crippen molar-refractivity contribution in [3.8, 4) is 0 Å². The van der Waals surface area contributed by atoms with Crippen molar-refractivity contribution in [3.63, 3.8) is 0 Å². The van der Waals surface area contributed by atoms with Gasteiger partial charge in [0.15, 0.2) is 0 Å². The van der Waals surface area contributed by atoms with E-state index in [1.807, 2.05) is 35.2 Å². The van der Waals surface area contributed by atoms with Crippen molar-refractivity contribution in [1.29, 1.82) is 0 Å². The third-order valence-corrected chi connectivity index (χ3v) is 5.94. The van der Waals surface area contributed by atoms with Crippen LogP contribution in [0.2, 0.25) is 0 Å². The van der Waals surface area contributed by atoms with Gasteiger partial charge in [0, 0.05) is 44.7 Å². The fraction of sp³-hybridized carbons (Fsp3) is 0.600. The van der Waals surface area contributed by atoms with Gasteiger partial charge in [0.05, 0.1) is 5.41 Å². The zero-order valence-corrected chi connectivity index (χ0v) is 15.6. The summed E-state index contributed by atoms with van der Waals surface area (Å²) >= 11 is 0. The van der Waals surface area contributed by atoms with Crippen LogP contribution in [0.4, 0.5) is 4.79 Å². The summed E-state index contributed by atoms with van der Waals surface area (Å²) in [5, 5.41) is 12.9. The Morgan fingerprint density at radius 3 is 2.65 bits per heavy atom. The van der Waals surface area contributed by atoms with E-state index in [1.54, 1.807) is 0 Å². The molecule has 2 heterocycles. The van der Waals surface area contributed by atoms with Gasteiger partial charge < -0.3 is 15.3 Å². The molecular formula is C20H29N3O3. The number of carboxylic acid groups (broad SMARTS) is 1. The third-order valence-electron chi connectivity index (χ3n) is 5.94. The summed E-state index contributed by atoms with van der Waals surface area (Å²) < 4.78 is 0. The number of benzene rings is 1. The maximum atomic E-state index is 12.7. The Labute approximate surface area is 155 Å². The Kier molecular flexibility index (Phi) is 5.51. The van der Waals surface area contributed by atoms with Crippen molar-refractivity contribution in [2.45, 2.75) is 39.3 Å². The Morgan fingerprint density at radius 1 is 1.27 bits per heavy atom. The van der Waals surface area contributed by atoms with Crippen molar-refractivity contribution in [2.75, 3.05) is 26.2 Å². The number of fused-ring (bicyclic) bond motifs is 1. The molecule has 2 amide bonds. The molecule has 2 aliphatic heterocycles. The van der Waals surface area contributed by atoms with Crippen LogP contribution < -0.4 is 5.32 Å². The van der Waals surface area contributed by atoms with Gasteiger partial charge in [-0.15, -0.1) is 0 Å². The van der Waals surface area contributed by atoms with Crippen molar-refractivity contribution >= 4 is 12.0 Å². The molecule has 2 atom stereocenters. The molecule has 2 fully saturated rings. The second kappa shape index (κ2) is 7.66. The lowest BCUT2D eigenvalue weighted by Crippen LogP contribution is -2.45. The zero-order chi connectivity index (χ0) is 18.7. The van der Waals surface area contributed by atoms with Gasteiger partial charge in [-0.05, 0) is 32.3 Å². The number of carboxylic acids is 1. The molecule has 1 aromatic rings. The number of carbonyl (C=O) groups is 2. The molecule has 0 bridgehead atoms. The van der Waals surface area contributed by atoms with E-state index in [-0.39, 0.29) is 11.9 Å². The molecule has 3 rings (SSSR count). The highest BCUT2D eigenvalue weighted by atomic mass is 16.4. The first-order valence-electron chi connectivity index (χ1n) is 9.46. The molecule has 142 valence electrons. The summed E-state index contributed by atoms with van der Waals surface area (Å²) in [5.41, 5.74) is 0.334. The molecule has 1 aromatic carbocycles. The van der Waals surface area contributed by atoms with E-state index in [1.165, 1.54) is 0 Å². The van der Waals surface area contributed by atoms with Crippen LogP contribution in [0.15, 0.2) is 30.3 Å². The zero-order valence-electron chi connectivity index (χ0n) is 15.6. The average Bonchev–Trinajstić information content (AvgIpc) is 2.90. The van der Waals surface area contributed by atoms with Crippen molar-refractivity contribution in [3.05, 3.63) is 35.9 Å². The summed E-state index contributed by atoms with van der Waals surface area (Å²) in [6, 6.07) is 10.0. The summed E-state index contributed by atoms with van der Waals surface area (Å²) in [6.45, 7) is 7.15. The normalized spacial score (nSPS) is 26.4. The van der Waals surface area contributed by atoms with E-state index in [0.717, 1.165) is 18.5 Å². The van der Waals surface area contributed by atoms with Gasteiger partial charge in [-0.25, -0.2) is 4.79 Å². The van der Waals surface area contributed by atoms with Crippen LogP contribution >= 0.6 is 0 Å². The number of nitrogens with zero attached hydrogens (tertiary/aromatic N) is 2. The number of urea groups is 1. The quantitative estimate of drug-likeness (QED) is 0.866. The molecule has 2 aliphatic rings. The van der Waals surface area contributed by atoms with Crippen molar-refractivity contribution in [1.82, 2.24) is 15.1 Å². The summed E-state index contributed by atoms with van der Waals surface area (Å²) in [6.07, 6.45) is 1.37. The lowest BCUT2D eigenvalue weighted by Gasteiger charge is -2.29. The number of carbonyl (C=O) groups excluding carboxylic acids is 1. The molecule has 6 nitrogen and oxygen atoms in total. The standard InChI is InChI=1S/C20H29N3O3/c1-15(2)23-13-17-12-22(10-6-9-20(17,14-23)18(24)25)19(26)21-11-16-7-4-3-5-8-16/h3-5,7-8,15,17H,6,9-14H2,1-2H3,(H,21,26)(H,24,25)/t17-,20-/m1/s1. The maximum Gasteiger partial charge on any atom is 0.317 e. The molecule has 0 aromatic heterocycles. The van der Waals surface area contributed by atoms with E-state index >= 15 is 0 Å². The van der Waals surface area contributed by atoms with E-state index in [9.17, 15) is 14.7 Å². The van der Waals surface area contributed by atoms with Crippen LogP contribution in [0.25, 0.3) is 0 Å². The minimum atomic E-state index is -0.723. The van der Waals surface area contributed by atoms with Crippen molar-refractivity contribution < 1.29 is 14.7 Å². The van der Waals surface area contributed by atoms with Crippen LogP contribution in [0.5, 0.6) is 0 Å². The van der Waals surface area contributed by atoms with Crippen LogP contribution in [-0.2, 0) is 11.3 Å². The first-order valence-corrected chi connectivity index (χ1v) is 9.46. The second-order valence-electron chi connectivity index (χ2n) is 7.88. The Hall–Kier alpha value is -2.08. The number of hydrogen-bond acceptors (Lipinski definition) is 3. The molecular weight excluding hydrogens is 330 g/mol. The summed E-state index contributed by atoms with van der Waals surface area (Å²) in [7, 11) is 0. The number of amides is 2. The lowest BCUT2D eigenvalue weighted by molar-refractivity contribution is -0.151. The largest absolute Gasteiger partial charge is 0.481 e. The SMILES string of the molecule is CC(C)N1C[C@H]2CN(C(=O)NCc3ccccc3)CCC[C@@]2(C(=O)O)C1.